The lowest BCUT2D eigenvalue weighted by molar-refractivity contribution is 0.101. The first-order chi connectivity index (χ1) is 15.2. The third kappa shape index (κ3) is 4.88. The monoisotopic (exact) mass is 416 g/mol. The molecule has 0 unspecified atom stereocenters. The predicted octanol–water partition coefficient (Wildman–Crippen LogP) is 5.74. The second-order valence-corrected chi connectivity index (χ2v) is 7.68. The number of nitrogens with zero attached hydrogens (tertiary/aromatic N) is 2. The summed E-state index contributed by atoms with van der Waals surface area (Å²) in [5, 5.41) is 0. The molecule has 0 saturated heterocycles. The van der Waals surface area contributed by atoms with Crippen molar-refractivity contribution >= 4 is 17.2 Å². The number of Topliss-reactive ketones (excluding diaryl/α,β-unsaturated/α-hetero) is 1. The second kappa shape index (κ2) is 9.65. The molecule has 5 heteroatoms. The van der Waals surface area contributed by atoms with E-state index in [0.717, 1.165) is 42.9 Å². The van der Waals surface area contributed by atoms with E-state index in [1.54, 1.807) is 13.1 Å². The van der Waals surface area contributed by atoms with Gasteiger partial charge in [-0.15, -0.1) is 0 Å². The first-order valence-corrected chi connectivity index (χ1v) is 10.9. The van der Waals surface area contributed by atoms with Crippen LogP contribution >= 0.6 is 0 Å². The standard InChI is InChI=1S/C26H28N2O3/c1-3-30-23-13-14-27-21(16-23)18-31-22-11-12-24(19(2)29)26(17-22)28-15-7-6-9-20-8-4-5-10-25(20)28/h4-5,8,10-14,16-17H,3,6-7,9,15,18H2,1-2H3. The van der Waals surface area contributed by atoms with Crippen LogP contribution in [0.3, 0.4) is 0 Å². The highest BCUT2D eigenvalue weighted by Crippen LogP contribution is 2.36. The van der Waals surface area contributed by atoms with Gasteiger partial charge in [-0.25, -0.2) is 0 Å². The number of aryl methyl sites for hydroxylation is 1. The smallest absolute Gasteiger partial charge is 0.161 e. The van der Waals surface area contributed by atoms with Gasteiger partial charge in [-0.3, -0.25) is 9.78 Å². The van der Waals surface area contributed by atoms with Gasteiger partial charge >= 0.3 is 0 Å². The van der Waals surface area contributed by atoms with Crippen LogP contribution in [0.5, 0.6) is 11.5 Å². The molecule has 0 bridgehead atoms. The highest BCUT2D eigenvalue weighted by molar-refractivity contribution is 6.01. The Labute approximate surface area is 183 Å². The van der Waals surface area contributed by atoms with Gasteiger partial charge in [0.1, 0.15) is 18.1 Å². The first kappa shape index (κ1) is 20.9. The summed E-state index contributed by atoms with van der Waals surface area (Å²) >= 11 is 0. The molecule has 2 aromatic carbocycles. The van der Waals surface area contributed by atoms with E-state index in [2.05, 4.69) is 34.1 Å². The average molecular weight is 417 g/mol. The minimum atomic E-state index is 0.0503. The molecule has 0 saturated carbocycles. The van der Waals surface area contributed by atoms with Gasteiger partial charge < -0.3 is 14.4 Å². The fourth-order valence-electron chi connectivity index (χ4n) is 4.01. The van der Waals surface area contributed by atoms with E-state index in [1.165, 1.54) is 11.3 Å². The number of hydrogen-bond acceptors (Lipinski definition) is 5. The van der Waals surface area contributed by atoms with Gasteiger partial charge in [0.25, 0.3) is 0 Å². The van der Waals surface area contributed by atoms with Gasteiger partial charge in [-0.1, -0.05) is 18.2 Å². The SMILES string of the molecule is CCOc1ccnc(COc2ccc(C(C)=O)c(N3CCCCc4ccccc43)c2)c1. The molecule has 0 fully saturated rings. The molecule has 0 aliphatic carbocycles. The van der Waals surface area contributed by atoms with E-state index < -0.39 is 0 Å². The van der Waals surface area contributed by atoms with E-state index in [9.17, 15) is 4.79 Å². The summed E-state index contributed by atoms with van der Waals surface area (Å²) in [6.07, 6.45) is 4.99. The van der Waals surface area contributed by atoms with Gasteiger partial charge in [0.15, 0.2) is 5.78 Å². The fraction of sp³-hybridized carbons (Fsp3) is 0.308. The summed E-state index contributed by atoms with van der Waals surface area (Å²) in [7, 11) is 0. The van der Waals surface area contributed by atoms with Crippen LogP contribution in [0.25, 0.3) is 0 Å². The summed E-state index contributed by atoms with van der Waals surface area (Å²) in [4.78, 5) is 19.0. The van der Waals surface area contributed by atoms with Crippen molar-refractivity contribution in [2.75, 3.05) is 18.1 Å². The van der Waals surface area contributed by atoms with Gasteiger partial charge in [0.05, 0.1) is 18.0 Å². The van der Waals surface area contributed by atoms with E-state index >= 15 is 0 Å². The maximum Gasteiger partial charge on any atom is 0.161 e. The average Bonchev–Trinajstić information content (AvgIpc) is 3.00. The molecule has 31 heavy (non-hydrogen) atoms. The minimum Gasteiger partial charge on any atom is -0.494 e. The highest BCUT2D eigenvalue weighted by Gasteiger charge is 2.21. The van der Waals surface area contributed by atoms with E-state index in [1.807, 2.05) is 37.3 Å². The van der Waals surface area contributed by atoms with Crippen LogP contribution in [0.4, 0.5) is 11.4 Å². The lowest BCUT2D eigenvalue weighted by atomic mass is 10.1. The zero-order chi connectivity index (χ0) is 21.6. The lowest BCUT2D eigenvalue weighted by Crippen LogP contribution is -2.20. The molecule has 1 aromatic heterocycles. The van der Waals surface area contributed by atoms with Crippen LogP contribution in [0.2, 0.25) is 0 Å². The molecule has 2 heterocycles. The summed E-state index contributed by atoms with van der Waals surface area (Å²) < 4.78 is 11.6. The van der Waals surface area contributed by atoms with Crippen molar-refractivity contribution in [3.63, 3.8) is 0 Å². The Morgan fingerprint density at radius 3 is 2.68 bits per heavy atom. The van der Waals surface area contributed by atoms with Crippen molar-refractivity contribution in [1.29, 1.82) is 0 Å². The Hall–Kier alpha value is -3.34. The zero-order valence-corrected chi connectivity index (χ0v) is 18.1. The number of ether oxygens (including phenoxy) is 2. The summed E-state index contributed by atoms with van der Waals surface area (Å²) in [5.41, 5.74) is 4.89. The largest absolute Gasteiger partial charge is 0.494 e. The Morgan fingerprint density at radius 2 is 1.84 bits per heavy atom. The van der Waals surface area contributed by atoms with E-state index in [-0.39, 0.29) is 5.78 Å². The lowest BCUT2D eigenvalue weighted by Gasteiger charge is -2.27. The molecule has 3 aromatic rings. The van der Waals surface area contributed by atoms with Gasteiger partial charge in [-0.05, 0) is 62.9 Å². The van der Waals surface area contributed by atoms with E-state index in [0.29, 0.717) is 24.5 Å². The van der Waals surface area contributed by atoms with Crippen LogP contribution in [0.1, 0.15) is 48.3 Å². The Balaban J connectivity index is 1.63. The van der Waals surface area contributed by atoms with E-state index in [4.69, 9.17) is 9.47 Å². The number of pyridine rings is 1. The molecule has 0 N–H and O–H groups in total. The van der Waals surface area contributed by atoms with Crippen molar-refractivity contribution in [3.05, 3.63) is 77.6 Å². The fourth-order valence-corrected chi connectivity index (χ4v) is 4.01. The molecule has 1 aliphatic rings. The summed E-state index contributed by atoms with van der Waals surface area (Å²) in [5.74, 6) is 1.55. The molecule has 5 nitrogen and oxygen atoms in total. The Bertz CT molecular complexity index is 1060. The third-order valence-corrected chi connectivity index (χ3v) is 5.49. The number of ketones is 1. The summed E-state index contributed by atoms with van der Waals surface area (Å²) in [6.45, 7) is 5.38. The molecular weight excluding hydrogens is 388 g/mol. The molecule has 0 atom stereocenters. The molecule has 0 amide bonds. The van der Waals surface area contributed by atoms with Crippen LogP contribution in [-0.2, 0) is 13.0 Å². The van der Waals surface area contributed by atoms with Crippen LogP contribution < -0.4 is 14.4 Å². The summed E-state index contributed by atoms with van der Waals surface area (Å²) in [6, 6.07) is 17.9. The van der Waals surface area contributed by atoms with Crippen molar-refractivity contribution in [2.45, 2.75) is 39.7 Å². The molecule has 1 aliphatic heterocycles. The molecular formula is C26H28N2O3. The number of carbonyl (C=O) groups is 1. The molecule has 0 radical (unpaired) electrons. The normalized spacial score (nSPS) is 13.3. The van der Waals surface area contributed by atoms with Gasteiger partial charge in [0, 0.05) is 36.1 Å². The zero-order valence-electron chi connectivity index (χ0n) is 18.1. The number of carbonyl (C=O) groups excluding carboxylic acids is 1. The maximum atomic E-state index is 12.4. The molecule has 0 spiro atoms. The molecule has 160 valence electrons. The number of para-hydroxylation sites is 1. The van der Waals surface area contributed by atoms with Crippen molar-refractivity contribution < 1.29 is 14.3 Å². The van der Waals surface area contributed by atoms with Gasteiger partial charge in [-0.2, -0.15) is 0 Å². The van der Waals surface area contributed by atoms with Crippen LogP contribution in [0, 0.1) is 0 Å². The van der Waals surface area contributed by atoms with Crippen molar-refractivity contribution in [2.24, 2.45) is 0 Å². The first-order valence-electron chi connectivity index (χ1n) is 10.9. The number of hydrogen-bond donors (Lipinski definition) is 0. The third-order valence-electron chi connectivity index (χ3n) is 5.49. The number of rotatable bonds is 7. The highest BCUT2D eigenvalue weighted by atomic mass is 16.5. The second-order valence-electron chi connectivity index (χ2n) is 7.68. The van der Waals surface area contributed by atoms with Crippen LogP contribution in [0.15, 0.2) is 60.8 Å². The Kier molecular flexibility index (Phi) is 6.51. The maximum absolute atomic E-state index is 12.4. The topological polar surface area (TPSA) is 51.7 Å². The number of anilines is 2. The number of fused-ring (bicyclic) bond motifs is 1. The quantitative estimate of drug-likeness (QED) is 0.460. The molecule has 4 rings (SSSR count). The number of benzene rings is 2. The van der Waals surface area contributed by atoms with Crippen molar-refractivity contribution in [3.8, 4) is 11.5 Å². The van der Waals surface area contributed by atoms with Crippen molar-refractivity contribution in [1.82, 2.24) is 4.98 Å². The minimum absolute atomic E-state index is 0.0503. The van der Waals surface area contributed by atoms with Gasteiger partial charge in [0.2, 0.25) is 0 Å². The van der Waals surface area contributed by atoms with Crippen LogP contribution in [-0.4, -0.2) is 23.9 Å². The predicted molar refractivity (Wildman–Crippen MR) is 123 cm³/mol. The number of aromatic nitrogens is 1. The Morgan fingerprint density at radius 1 is 1.00 bits per heavy atom.